The molecule has 0 spiro atoms. The van der Waals surface area contributed by atoms with Crippen molar-refractivity contribution in [3.05, 3.63) is 70.3 Å². The summed E-state index contributed by atoms with van der Waals surface area (Å²) in [6, 6.07) is 6.51. The SMILES string of the molecule is CCCN(CCC)C(=O)c1cc(C)cc(C(=O)O[C@H](CN[C@@H](C)C(=O)NCC)[C@@H](N)Cc2cc(F)cc(F)c2)c1. The Hall–Kier alpha value is -3.37. The molecule has 0 heterocycles. The van der Waals surface area contributed by atoms with Crippen molar-refractivity contribution in [1.29, 1.82) is 0 Å². The van der Waals surface area contributed by atoms with E-state index in [1.54, 1.807) is 37.8 Å². The fourth-order valence-corrected chi connectivity index (χ4v) is 4.39. The van der Waals surface area contributed by atoms with Crippen molar-refractivity contribution < 1.29 is 27.9 Å². The Bertz CT molecular complexity index is 1130. The number of aryl methyl sites for hydroxylation is 1. The number of hydrogen-bond acceptors (Lipinski definition) is 6. The molecule has 0 bridgehead atoms. The van der Waals surface area contributed by atoms with Crippen LogP contribution in [0.1, 0.15) is 72.4 Å². The number of rotatable bonds is 15. The lowest BCUT2D eigenvalue weighted by molar-refractivity contribution is -0.122. The average molecular weight is 561 g/mol. The third kappa shape index (κ3) is 9.98. The lowest BCUT2D eigenvalue weighted by Gasteiger charge is -2.26. The van der Waals surface area contributed by atoms with E-state index in [0.717, 1.165) is 18.9 Å². The molecule has 2 aromatic rings. The molecule has 2 aromatic carbocycles. The van der Waals surface area contributed by atoms with E-state index in [4.69, 9.17) is 10.5 Å². The molecule has 0 aliphatic heterocycles. The largest absolute Gasteiger partial charge is 0.456 e. The van der Waals surface area contributed by atoms with E-state index in [0.29, 0.717) is 36.3 Å². The second kappa shape index (κ2) is 16.0. The summed E-state index contributed by atoms with van der Waals surface area (Å²) in [6.45, 7) is 10.9. The van der Waals surface area contributed by atoms with Gasteiger partial charge in [0, 0.05) is 43.9 Å². The van der Waals surface area contributed by atoms with Gasteiger partial charge < -0.3 is 26.0 Å². The number of nitrogens with zero attached hydrogens (tertiary/aromatic N) is 1. The van der Waals surface area contributed by atoms with Gasteiger partial charge in [0.15, 0.2) is 0 Å². The van der Waals surface area contributed by atoms with Gasteiger partial charge in [0.2, 0.25) is 5.91 Å². The molecular weight excluding hydrogens is 518 g/mol. The van der Waals surface area contributed by atoms with Crippen molar-refractivity contribution in [3.63, 3.8) is 0 Å². The summed E-state index contributed by atoms with van der Waals surface area (Å²) < 4.78 is 33.3. The lowest BCUT2D eigenvalue weighted by atomic mass is 10.0. The highest BCUT2D eigenvalue weighted by atomic mass is 19.1. The second-order valence-electron chi connectivity index (χ2n) is 9.99. The molecule has 220 valence electrons. The minimum atomic E-state index is -0.952. The highest BCUT2D eigenvalue weighted by Crippen LogP contribution is 2.17. The average Bonchev–Trinajstić information content (AvgIpc) is 2.89. The van der Waals surface area contributed by atoms with Gasteiger partial charge in [-0.1, -0.05) is 13.8 Å². The smallest absolute Gasteiger partial charge is 0.338 e. The first-order valence-electron chi connectivity index (χ1n) is 13.8. The zero-order valence-corrected chi connectivity index (χ0v) is 24.1. The number of hydrogen-bond donors (Lipinski definition) is 3. The summed E-state index contributed by atoms with van der Waals surface area (Å²) in [4.78, 5) is 40.4. The zero-order valence-electron chi connectivity index (χ0n) is 24.1. The lowest BCUT2D eigenvalue weighted by Crippen LogP contribution is -2.50. The van der Waals surface area contributed by atoms with Crippen LogP contribution in [0.2, 0.25) is 0 Å². The first kappa shape index (κ1) is 32.8. The fraction of sp³-hybridized carbons (Fsp3) is 0.500. The second-order valence-corrected chi connectivity index (χ2v) is 9.99. The standard InChI is InChI=1S/C30H42F2N4O4/c1-6-9-36(10-7-2)29(38)22-11-19(4)12-23(16-22)30(39)40-27(18-35-20(5)28(37)34-8-3)26(33)15-21-13-24(31)17-25(32)14-21/h11-14,16-17,20,26-27,35H,6-10,15,18,33H2,1-5H3,(H,34,37)/t20-,26-,27+/m0/s1. The Labute approximate surface area is 235 Å². The van der Waals surface area contributed by atoms with Gasteiger partial charge in [-0.2, -0.15) is 0 Å². The molecule has 0 saturated carbocycles. The summed E-state index contributed by atoms with van der Waals surface area (Å²) in [7, 11) is 0. The highest BCUT2D eigenvalue weighted by Gasteiger charge is 2.26. The molecule has 4 N–H and O–H groups in total. The van der Waals surface area contributed by atoms with E-state index < -0.39 is 35.8 Å². The van der Waals surface area contributed by atoms with Crippen molar-refractivity contribution in [1.82, 2.24) is 15.5 Å². The Kier molecular flexibility index (Phi) is 13.2. The summed E-state index contributed by atoms with van der Waals surface area (Å²) in [6.07, 6.45) is 0.683. The molecule has 0 fully saturated rings. The van der Waals surface area contributed by atoms with E-state index in [-0.39, 0.29) is 30.3 Å². The Balaban J connectivity index is 2.30. The first-order chi connectivity index (χ1) is 19.0. The van der Waals surface area contributed by atoms with Crippen molar-refractivity contribution >= 4 is 17.8 Å². The van der Waals surface area contributed by atoms with Crippen LogP contribution < -0.4 is 16.4 Å². The maximum absolute atomic E-state index is 13.8. The molecule has 0 radical (unpaired) electrons. The normalized spacial score (nSPS) is 13.3. The molecule has 0 unspecified atom stereocenters. The molecule has 8 nitrogen and oxygen atoms in total. The van der Waals surface area contributed by atoms with Gasteiger partial charge in [-0.25, -0.2) is 13.6 Å². The summed E-state index contributed by atoms with van der Waals surface area (Å²) in [5.41, 5.74) is 7.97. The van der Waals surface area contributed by atoms with Crippen LogP contribution >= 0.6 is 0 Å². The Morgan fingerprint density at radius 2 is 1.55 bits per heavy atom. The predicted molar refractivity (Wildman–Crippen MR) is 151 cm³/mol. The van der Waals surface area contributed by atoms with Gasteiger partial charge in [0.25, 0.3) is 5.91 Å². The van der Waals surface area contributed by atoms with E-state index in [1.807, 2.05) is 13.8 Å². The summed E-state index contributed by atoms with van der Waals surface area (Å²) in [5.74, 6) is -2.58. The number of carbonyl (C=O) groups excluding carboxylic acids is 3. The Morgan fingerprint density at radius 1 is 0.950 bits per heavy atom. The van der Waals surface area contributed by atoms with Crippen LogP contribution in [0.25, 0.3) is 0 Å². The van der Waals surface area contributed by atoms with Gasteiger partial charge >= 0.3 is 5.97 Å². The van der Waals surface area contributed by atoms with Gasteiger partial charge in [-0.3, -0.25) is 9.59 Å². The summed E-state index contributed by atoms with van der Waals surface area (Å²) in [5, 5.41) is 5.73. The maximum Gasteiger partial charge on any atom is 0.338 e. The molecule has 0 aliphatic carbocycles. The number of carbonyl (C=O) groups is 3. The van der Waals surface area contributed by atoms with E-state index in [1.165, 1.54) is 18.2 Å². The van der Waals surface area contributed by atoms with Crippen LogP contribution in [0.4, 0.5) is 8.78 Å². The summed E-state index contributed by atoms with van der Waals surface area (Å²) >= 11 is 0. The number of ether oxygens (including phenoxy) is 1. The maximum atomic E-state index is 13.8. The third-order valence-corrected chi connectivity index (χ3v) is 6.33. The topological polar surface area (TPSA) is 114 Å². The van der Waals surface area contributed by atoms with Gasteiger partial charge in [0.1, 0.15) is 17.7 Å². The Morgan fingerprint density at radius 3 is 2.12 bits per heavy atom. The van der Waals surface area contributed by atoms with Gasteiger partial charge in [0.05, 0.1) is 11.6 Å². The number of nitrogens with one attached hydrogen (secondary N) is 2. The number of halogens is 2. The number of benzene rings is 2. The van der Waals surface area contributed by atoms with Crippen molar-refractivity contribution in [3.8, 4) is 0 Å². The van der Waals surface area contributed by atoms with Gasteiger partial charge in [-0.05, 0) is 81.5 Å². The van der Waals surface area contributed by atoms with E-state index in [9.17, 15) is 23.2 Å². The molecule has 10 heteroatoms. The van der Waals surface area contributed by atoms with E-state index in [2.05, 4.69) is 10.6 Å². The molecule has 3 atom stereocenters. The van der Waals surface area contributed by atoms with E-state index >= 15 is 0 Å². The molecule has 2 amide bonds. The molecule has 2 rings (SSSR count). The number of esters is 1. The van der Waals surface area contributed by atoms with Crippen LogP contribution in [0.15, 0.2) is 36.4 Å². The number of amides is 2. The zero-order chi connectivity index (χ0) is 29.8. The van der Waals surface area contributed by atoms with Crippen LogP contribution in [-0.2, 0) is 16.0 Å². The van der Waals surface area contributed by atoms with Crippen LogP contribution in [-0.4, -0.2) is 67.1 Å². The van der Waals surface area contributed by atoms with Crippen molar-refractivity contribution in [2.24, 2.45) is 5.73 Å². The van der Waals surface area contributed by atoms with Crippen LogP contribution in [0.5, 0.6) is 0 Å². The molecule has 40 heavy (non-hydrogen) atoms. The highest BCUT2D eigenvalue weighted by molar-refractivity contribution is 5.98. The molecule has 0 saturated heterocycles. The molecular formula is C30H42F2N4O4. The number of nitrogens with two attached hydrogens (primary N) is 1. The monoisotopic (exact) mass is 560 g/mol. The number of likely N-dealkylation sites (N-methyl/N-ethyl adjacent to an activating group) is 1. The van der Waals surface area contributed by atoms with Gasteiger partial charge in [-0.15, -0.1) is 0 Å². The van der Waals surface area contributed by atoms with Crippen LogP contribution in [0, 0.1) is 18.6 Å². The fourth-order valence-electron chi connectivity index (χ4n) is 4.39. The third-order valence-electron chi connectivity index (χ3n) is 6.33. The van der Waals surface area contributed by atoms with Crippen LogP contribution in [0.3, 0.4) is 0 Å². The molecule has 0 aliphatic rings. The predicted octanol–water partition coefficient (Wildman–Crippen LogP) is 3.75. The molecule has 0 aromatic heterocycles. The minimum Gasteiger partial charge on any atom is -0.456 e. The quantitative estimate of drug-likeness (QED) is 0.286. The van der Waals surface area contributed by atoms with Crippen molar-refractivity contribution in [2.45, 2.75) is 72.1 Å². The van der Waals surface area contributed by atoms with Crippen molar-refractivity contribution in [2.75, 3.05) is 26.2 Å². The first-order valence-corrected chi connectivity index (χ1v) is 13.8. The minimum absolute atomic E-state index is 0.0153.